The van der Waals surface area contributed by atoms with Gasteiger partial charge in [0.15, 0.2) is 6.61 Å². The third kappa shape index (κ3) is 4.11. The predicted octanol–water partition coefficient (Wildman–Crippen LogP) is 4.21. The van der Waals surface area contributed by atoms with Crippen molar-refractivity contribution in [1.82, 2.24) is 0 Å². The first-order valence-corrected chi connectivity index (χ1v) is 8.47. The highest BCUT2D eigenvalue weighted by Gasteiger charge is 2.21. The Labute approximate surface area is 159 Å². The average Bonchev–Trinajstić information content (AvgIpc) is 2.99. The number of hydrogen-bond donors (Lipinski definition) is 1. The molecule has 0 spiro atoms. The van der Waals surface area contributed by atoms with Crippen LogP contribution in [0.15, 0.2) is 40.8 Å². The molecule has 0 saturated carbocycles. The number of amides is 1. The van der Waals surface area contributed by atoms with Crippen LogP contribution in [0.2, 0.25) is 0 Å². The van der Waals surface area contributed by atoms with E-state index in [9.17, 15) is 18.4 Å². The summed E-state index contributed by atoms with van der Waals surface area (Å²) in [6.45, 7) is 3.39. The molecular weight excluding hydrogens is 372 g/mol. The maximum atomic E-state index is 13.5. The lowest BCUT2D eigenvalue weighted by Gasteiger charge is -2.07. The van der Waals surface area contributed by atoms with Crippen molar-refractivity contribution in [1.29, 1.82) is 0 Å². The molecule has 1 heterocycles. The summed E-state index contributed by atoms with van der Waals surface area (Å²) in [4.78, 5) is 24.1. The van der Waals surface area contributed by atoms with E-state index in [1.54, 1.807) is 25.1 Å². The molecule has 0 aliphatic rings. The summed E-state index contributed by atoms with van der Waals surface area (Å²) < 4.78 is 42.3. The van der Waals surface area contributed by atoms with Gasteiger partial charge in [-0.05, 0) is 44.2 Å². The quantitative estimate of drug-likeness (QED) is 0.639. The fourth-order valence-corrected chi connectivity index (χ4v) is 2.62. The van der Waals surface area contributed by atoms with Crippen molar-refractivity contribution in [3.63, 3.8) is 0 Å². The van der Waals surface area contributed by atoms with Crippen LogP contribution in [-0.2, 0) is 9.53 Å². The number of nitrogens with one attached hydrogen (secondary N) is 1. The molecule has 28 heavy (non-hydrogen) atoms. The number of ether oxygens (including phenoxy) is 2. The third-order valence-electron chi connectivity index (χ3n) is 3.94. The molecule has 0 fully saturated rings. The molecule has 0 aliphatic heterocycles. The zero-order chi connectivity index (χ0) is 20.3. The molecule has 0 saturated heterocycles. The number of carbonyl (C=O) groups is 2. The highest BCUT2D eigenvalue weighted by Crippen LogP contribution is 2.29. The lowest BCUT2D eigenvalue weighted by molar-refractivity contribution is -0.119. The van der Waals surface area contributed by atoms with Gasteiger partial charge in [0.05, 0.1) is 12.3 Å². The van der Waals surface area contributed by atoms with Gasteiger partial charge in [0.1, 0.15) is 23.0 Å². The molecule has 3 aromatic rings. The largest absolute Gasteiger partial charge is 0.494 e. The van der Waals surface area contributed by atoms with Gasteiger partial charge in [-0.25, -0.2) is 13.6 Å². The van der Waals surface area contributed by atoms with Crippen molar-refractivity contribution in [2.24, 2.45) is 0 Å². The molecule has 0 bridgehead atoms. The van der Waals surface area contributed by atoms with Gasteiger partial charge >= 0.3 is 5.97 Å². The van der Waals surface area contributed by atoms with E-state index < -0.39 is 30.1 Å². The minimum absolute atomic E-state index is 0.0376. The second kappa shape index (κ2) is 8.08. The number of halogens is 2. The SMILES string of the molecule is CCOc1ccc2oc(C(=O)OCC(=O)Nc3ccc(F)cc3F)c(C)c2c1. The Bertz CT molecular complexity index is 1040. The monoisotopic (exact) mass is 389 g/mol. The maximum Gasteiger partial charge on any atom is 0.375 e. The topological polar surface area (TPSA) is 77.8 Å². The van der Waals surface area contributed by atoms with Crippen LogP contribution < -0.4 is 10.1 Å². The van der Waals surface area contributed by atoms with Crippen molar-refractivity contribution >= 4 is 28.5 Å². The summed E-state index contributed by atoms with van der Waals surface area (Å²) in [6.07, 6.45) is 0. The van der Waals surface area contributed by atoms with E-state index in [0.29, 0.717) is 35.0 Å². The van der Waals surface area contributed by atoms with Crippen molar-refractivity contribution in [2.75, 3.05) is 18.5 Å². The minimum atomic E-state index is -0.932. The van der Waals surface area contributed by atoms with Crippen LogP contribution in [0, 0.1) is 18.6 Å². The summed E-state index contributed by atoms with van der Waals surface area (Å²) in [7, 11) is 0. The number of fused-ring (bicyclic) bond motifs is 1. The Hall–Kier alpha value is -3.42. The number of anilines is 1. The zero-order valence-electron chi connectivity index (χ0n) is 15.2. The molecule has 1 aromatic heterocycles. The van der Waals surface area contributed by atoms with Crippen LogP contribution in [0.25, 0.3) is 11.0 Å². The van der Waals surface area contributed by atoms with Crippen molar-refractivity contribution in [3.05, 3.63) is 59.4 Å². The fourth-order valence-electron chi connectivity index (χ4n) is 2.62. The highest BCUT2D eigenvalue weighted by atomic mass is 19.1. The van der Waals surface area contributed by atoms with Gasteiger partial charge in [0.25, 0.3) is 5.91 Å². The predicted molar refractivity (Wildman–Crippen MR) is 97.4 cm³/mol. The van der Waals surface area contributed by atoms with Crippen molar-refractivity contribution in [2.45, 2.75) is 13.8 Å². The smallest absolute Gasteiger partial charge is 0.375 e. The number of aryl methyl sites for hydroxylation is 1. The van der Waals surface area contributed by atoms with E-state index in [1.807, 2.05) is 6.92 Å². The van der Waals surface area contributed by atoms with E-state index in [4.69, 9.17) is 13.9 Å². The van der Waals surface area contributed by atoms with Crippen LogP contribution in [0.4, 0.5) is 14.5 Å². The van der Waals surface area contributed by atoms with Crippen LogP contribution in [0.5, 0.6) is 5.75 Å². The van der Waals surface area contributed by atoms with Crippen LogP contribution in [0.3, 0.4) is 0 Å². The van der Waals surface area contributed by atoms with E-state index in [-0.39, 0.29) is 11.4 Å². The number of rotatable bonds is 6. The Kier molecular flexibility index (Phi) is 5.58. The number of benzene rings is 2. The Morgan fingerprint density at radius 2 is 1.93 bits per heavy atom. The van der Waals surface area contributed by atoms with Gasteiger partial charge in [-0.1, -0.05) is 0 Å². The molecular formula is C20H17F2NO5. The fraction of sp³-hybridized carbons (Fsp3) is 0.200. The molecule has 1 N–H and O–H groups in total. The van der Waals surface area contributed by atoms with Crippen molar-refractivity contribution in [3.8, 4) is 5.75 Å². The molecule has 0 atom stereocenters. The molecule has 2 aromatic carbocycles. The number of carbonyl (C=O) groups excluding carboxylic acids is 2. The highest BCUT2D eigenvalue weighted by molar-refractivity contribution is 5.98. The Balaban J connectivity index is 1.67. The summed E-state index contributed by atoms with van der Waals surface area (Å²) in [5.74, 6) is -2.70. The van der Waals surface area contributed by atoms with Gasteiger partial charge in [0, 0.05) is 17.0 Å². The zero-order valence-corrected chi connectivity index (χ0v) is 15.2. The molecule has 1 amide bonds. The Morgan fingerprint density at radius 1 is 1.14 bits per heavy atom. The second-order valence-electron chi connectivity index (χ2n) is 5.90. The standard InChI is InChI=1S/C20H17F2NO5/c1-3-26-13-5-7-17-14(9-13)11(2)19(28-17)20(25)27-10-18(24)23-16-6-4-12(21)8-15(16)22/h4-9H,3,10H2,1-2H3,(H,23,24). The van der Waals surface area contributed by atoms with Crippen LogP contribution in [-0.4, -0.2) is 25.1 Å². The summed E-state index contributed by atoms with van der Waals surface area (Å²) >= 11 is 0. The first kappa shape index (κ1) is 19.3. The van der Waals surface area contributed by atoms with Gasteiger partial charge in [-0.2, -0.15) is 0 Å². The average molecular weight is 389 g/mol. The van der Waals surface area contributed by atoms with E-state index in [0.717, 1.165) is 12.1 Å². The number of furan rings is 1. The van der Waals surface area contributed by atoms with Gasteiger partial charge in [-0.3, -0.25) is 4.79 Å². The third-order valence-corrected chi connectivity index (χ3v) is 3.94. The Morgan fingerprint density at radius 3 is 2.64 bits per heavy atom. The summed E-state index contributed by atoms with van der Waals surface area (Å²) in [5, 5.41) is 2.89. The molecule has 8 heteroatoms. The van der Waals surface area contributed by atoms with Crippen LogP contribution >= 0.6 is 0 Å². The summed E-state index contributed by atoms with van der Waals surface area (Å²) in [6, 6.07) is 7.85. The van der Waals surface area contributed by atoms with E-state index in [1.165, 1.54) is 0 Å². The van der Waals surface area contributed by atoms with Gasteiger partial charge in [-0.15, -0.1) is 0 Å². The second-order valence-corrected chi connectivity index (χ2v) is 5.90. The van der Waals surface area contributed by atoms with E-state index in [2.05, 4.69) is 5.32 Å². The van der Waals surface area contributed by atoms with E-state index >= 15 is 0 Å². The molecule has 0 unspecified atom stereocenters. The van der Waals surface area contributed by atoms with Gasteiger partial charge < -0.3 is 19.2 Å². The lowest BCUT2D eigenvalue weighted by atomic mass is 10.1. The molecule has 146 valence electrons. The minimum Gasteiger partial charge on any atom is -0.494 e. The molecule has 0 aliphatic carbocycles. The lowest BCUT2D eigenvalue weighted by Crippen LogP contribution is -2.21. The van der Waals surface area contributed by atoms with Gasteiger partial charge in [0.2, 0.25) is 5.76 Å². The summed E-state index contributed by atoms with van der Waals surface area (Å²) in [5.41, 5.74) is 0.808. The molecule has 6 nitrogen and oxygen atoms in total. The molecule has 3 rings (SSSR count). The maximum absolute atomic E-state index is 13.5. The first-order chi connectivity index (χ1) is 13.4. The van der Waals surface area contributed by atoms with Crippen molar-refractivity contribution < 1.29 is 32.3 Å². The number of hydrogen-bond acceptors (Lipinski definition) is 5. The van der Waals surface area contributed by atoms with Crippen LogP contribution in [0.1, 0.15) is 23.0 Å². The molecule has 0 radical (unpaired) electrons. The first-order valence-electron chi connectivity index (χ1n) is 8.47. The number of esters is 1. The normalized spacial score (nSPS) is 10.7.